The standard InChI is InChI=1S/C15H23NO3S/c1-10-7-11(2)15(12(3)8-10)20(18,19)9-14(17)13-5-4-6-16-13/h7-8,13-14,16-17H,4-6,9H2,1-3H3/t13-,14+/m0/s1. The fraction of sp³-hybridized carbons (Fsp3) is 0.600. The van der Waals surface area contributed by atoms with Gasteiger partial charge in [-0.1, -0.05) is 17.7 Å². The summed E-state index contributed by atoms with van der Waals surface area (Å²) in [6.45, 7) is 6.43. The van der Waals surface area contributed by atoms with Gasteiger partial charge in [0.15, 0.2) is 9.84 Å². The third-order valence-electron chi connectivity index (χ3n) is 3.87. The predicted octanol–water partition coefficient (Wildman–Crippen LogP) is 1.50. The van der Waals surface area contributed by atoms with Crippen LogP contribution in [-0.2, 0) is 9.84 Å². The number of rotatable bonds is 4. The van der Waals surface area contributed by atoms with E-state index in [1.54, 1.807) is 0 Å². The number of aliphatic hydroxyl groups excluding tert-OH is 1. The van der Waals surface area contributed by atoms with Gasteiger partial charge in [0.1, 0.15) is 0 Å². The lowest BCUT2D eigenvalue weighted by atomic mass is 10.1. The molecule has 2 N–H and O–H groups in total. The summed E-state index contributed by atoms with van der Waals surface area (Å²) in [4.78, 5) is 0.375. The Kier molecular flexibility index (Phi) is 4.52. The van der Waals surface area contributed by atoms with Gasteiger partial charge in [-0.25, -0.2) is 8.42 Å². The minimum atomic E-state index is -3.47. The van der Waals surface area contributed by atoms with Crippen molar-refractivity contribution in [1.29, 1.82) is 0 Å². The van der Waals surface area contributed by atoms with E-state index in [0.717, 1.165) is 36.1 Å². The SMILES string of the molecule is Cc1cc(C)c(S(=O)(=O)C[C@@H](O)[C@@H]2CCCN2)c(C)c1. The average Bonchev–Trinajstić information content (AvgIpc) is 2.78. The van der Waals surface area contributed by atoms with Crippen molar-refractivity contribution < 1.29 is 13.5 Å². The Morgan fingerprint density at radius 3 is 2.40 bits per heavy atom. The van der Waals surface area contributed by atoms with E-state index < -0.39 is 15.9 Å². The van der Waals surface area contributed by atoms with E-state index >= 15 is 0 Å². The van der Waals surface area contributed by atoms with Crippen molar-refractivity contribution in [2.24, 2.45) is 0 Å². The smallest absolute Gasteiger partial charge is 0.181 e. The van der Waals surface area contributed by atoms with Crippen molar-refractivity contribution in [3.8, 4) is 0 Å². The molecule has 1 aromatic rings. The zero-order valence-corrected chi connectivity index (χ0v) is 13.1. The lowest BCUT2D eigenvalue weighted by molar-refractivity contribution is 0.157. The van der Waals surface area contributed by atoms with E-state index in [-0.39, 0.29) is 11.8 Å². The van der Waals surface area contributed by atoms with Crippen LogP contribution in [0.3, 0.4) is 0 Å². The lowest BCUT2D eigenvalue weighted by Gasteiger charge is -2.20. The molecule has 112 valence electrons. The van der Waals surface area contributed by atoms with Gasteiger partial charge < -0.3 is 10.4 Å². The molecule has 1 heterocycles. The maximum absolute atomic E-state index is 12.6. The zero-order chi connectivity index (χ0) is 14.9. The number of aryl methyl sites for hydroxylation is 3. The summed E-state index contributed by atoms with van der Waals surface area (Å²) in [6, 6.07) is 3.65. The number of benzene rings is 1. The molecule has 0 unspecified atom stereocenters. The summed E-state index contributed by atoms with van der Waals surface area (Å²) in [6.07, 6.45) is 0.981. The third-order valence-corrected chi connectivity index (χ3v) is 5.92. The summed E-state index contributed by atoms with van der Waals surface area (Å²) >= 11 is 0. The minimum Gasteiger partial charge on any atom is -0.390 e. The Bertz CT molecular complexity index is 566. The molecule has 1 saturated heterocycles. The molecule has 4 nitrogen and oxygen atoms in total. The first-order chi connectivity index (χ1) is 9.31. The normalized spacial score (nSPS) is 21.1. The van der Waals surface area contributed by atoms with Crippen LogP contribution in [0, 0.1) is 20.8 Å². The number of hydrogen-bond donors (Lipinski definition) is 2. The minimum absolute atomic E-state index is 0.101. The first-order valence-electron chi connectivity index (χ1n) is 7.03. The maximum Gasteiger partial charge on any atom is 0.181 e. The fourth-order valence-corrected chi connectivity index (χ4v) is 5.07. The predicted molar refractivity (Wildman–Crippen MR) is 79.7 cm³/mol. The molecule has 1 aromatic carbocycles. The second kappa shape index (κ2) is 5.84. The zero-order valence-electron chi connectivity index (χ0n) is 12.3. The molecule has 20 heavy (non-hydrogen) atoms. The van der Waals surface area contributed by atoms with Crippen molar-refractivity contribution in [3.63, 3.8) is 0 Å². The van der Waals surface area contributed by atoms with Crippen LogP contribution in [-0.4, -0.2) is 38.0 Å². The Hall–Kier alpha value is -0.910. The van der Waals surface area contributed by atoms with Gasteiger partial charge in [0.05, 0.1) is 16.8 Å². The molecular weight excluding hydrogens is 274 g/mol. The molecule has 2 rings (SSSR count). The summed E-state index contributed by atoms with van der Waals surface area (Å²) in [5.74, 6) is -0.213. The Labute approximate surface area is 121 Å². The van der Waals surface area contributed by atoms with E-state index in [1.807, 2.05) is 32.9 Å². The molecule has 0 radical (unpaired) electrons. The van der Waals surface area contributed by atoms with Crippen molar-refractivity contribution >= 4 is 9.84 Å². The van der Waals surface area contributed by atoms with Crippen LogP contribution in [0.4, 0.5) is 0 Å². The number of nitrogens with one attached hydrogen (secondary N) is 1. The van der Waals surface area contributed by atoms with Crippen LogP contribution in [0.5, 0.6) is 0 Å². The molecule has 1 fully saturated rings. The largest absolute Gasteiger partial charge is 0.390 e. The highest BCUT2D eigenvalue weighted by molar-refractivity contribution is 7.91. The summed E-state index contributed by atoms with van der Waals surface area (Å²) in [5.41, 5.74) is 2.57. The Morgan fingerprint density at radius 1 is 1.30 bits per heavy atom. The molecular formula is C15H23NO3S. The summed E-state index contributed by atoms with van der Waals surface area (Å²) in [5, 5.41) is 13.3. The van der Waals surface area contributed by atoms with Crippen LogP contribution in [0.15, 0.2) is 17.0 Å². The van der Waals surface area contributed by atoms with Gasteiger partial charge in [-0.3, -0.25) is 0 Å². The first-order valence-corrected chi connectivity index (χ1v) is 8.68. The number of sulfone groups is 1. The van der Waals surface area contributed by atoms with Crippen molar-refractivity contribution in [3.05, 3.63) is 28.8 Å². The van der Waals surface area contributed by atoms with Gasteiger partial charge in [0.25, 0.3) is 0 Å². The topological polar surface area (TPSA) is 66.4 Å². The fourth-order valence-electron chi connectivity index (χ4n) is 3.12. The molecule has 0 amide bonds. The van der Waals surface area contributed by atoms with Crippen molar-refractivity contribution in [1.82, 2.24) is 5.32 Å². The first kappa shape index (κ1) is 15.5. The highest BCUT2D eigenvalue weighted by Gasteiger charge is 2.29. The molecule has 1 aliphatic rings. The number of aliphatic hydroxyl groups is 1. The molecule has 0 saturated carbocycles. The van der Waals surface area contributed by atoms with Gasteiger partial charge in [0, 0.05) is 6.04 Å². The monoisotopic (exact) mass is 297 g/mol. The van der Waals surface area contributed by atoms with Crippen LogP contribution < -0.4 is 5.32 Å². The highest BCUT2D eigenvalue weighted by Crippen LogP contribution is 2.24. The van der Waals surface area contributed by atoms with E-state index in [4.69, 9.17) is 0 Å². The van der Waals surface area contributed by atoms with Gasteiger partial charge in [-0.15, -0.1) is 0 Å². The van der Waals surface area contributed by atoms with Gasteiger partial charge in [-0.05, 0) is 51.3 Å². The second-order valence-electron chi connectivity index (χ2n) is 5.78. The molecule has 1 aliphatic heterocycles. The van der Waals surface area contributed by atoms with Crippen molar-refractivity contribution in [2.45, 2.75) is 50.7 Å². The van der Waals surface area contributed by atoms with Crippen molar-refractivity contribution in [2.75, 3.05) is 12.3 Å². The van der Waals surface area contributed by atoms with Crippen LogP contribution in [0.25, 0.3) is 0 Å². The van der Waals surface area contributed by atoms with E-state index in [0.29, 0.717) is 4.90 Å². The molecule has 0 aromatic heterocycles. The molecule has 0 bridgehead atoms. The highest BCUT2D eigenvalue weighted by atomic mass is 32.2. The van der Waals surface area contributed by atoms with Crippen LogP contribution in [0.2, 0.25) is 0 Å². The molecule has 0 aliphatic carbocycles. The Morgan fingerprint density at radius 2 is 1.90 bits per heavy atom. The van der Waals surface area contributed by atoms with Gasteiger partial charge in [-0.2, -0.15) is 0 Å². The second-order valence-corrected chi connectivity index (χ2v) is 7.75. The maximum atomic E-state index is 12.6. The summed E-state index contributed by atoms with van der Waals surface area (Å²) in [7, 11) is -3.47. The van der Waals surface area contributed by atoms with Gasteiger partial charge in [0.2, 0.25) is 0 Å². The third kappa shape index (κ3) is 3.22. The van der Waals surface area contributed by atoms with Crippen LogP contribution in [0.1, 0.15) is 29.5 Å². The quantitative estimate of drug-likeness (QED) is 0.884. The molecule has 5 heteroatoms. The van der Waals surface area contributed by atoms with Crippen LogP contribution >= 0.6 is 0 Å². The molecule has 0 spiro atoms. The average molecular weight is 297 g/mol. The van der Waals surface area contributed by atoms with E-state index in [2.05, 4.69) is 5.32 Å². The lowest BCUT2D eigenvalue weighted by Crippen LogP contribution is -2.39. The van der Waals surface area contributed by atoms with E-state index in [9.17, 15) is 13.5 Å². The Balaban J connectivity index is 2.26. The molecule has 2 atom stereocenters. The van der Waals surface area contributed by atoms with Gasteiger partial charge >= 0.3 is 0 Å². The van der Waals surface area contributed by atoms with E-state index in [1.165, 1.54) is 0 Å². The summed E-state index contributed by atoms with van der Waals surface area (Å²) < 4.78 is 25.1. The number of hydrogen-bond acceptors (Lipinski definition) is 4.